The molecule has 2 aliphatic rings. The molecule has 0 bridgehead atoms. The number of amides is 1. The smallest absolute Gasteiger partial charge is 0.254 e. The lowest BCUT2D eigenvalue weighted by Gasteiger charge is -2.34. The second-order valence-electron chi connectivity index (χ2n) is 6.63. The second kappa shape index (κ2) is 7.01. The number of carbonyl (C=O) groups excluding carboxylic acids is 1. The summed E-state index contributed by atoms with van der Waals surface area (Å²) in [5.41, 5.74) is 0.609. The molecule has 0 N–H and O–H groups in total. The van der Waals surface area contributed by atoms with E-state index in [1.54, 1.807) is 36.6 Å². The highest BCUT2D eigenvalue weighted by Gasteiger charge is 2.25. The molecule has 9 nitrogen and oxygen atoms in total. The van der Waals surface area contributed by atoms with Gasteiger partial charge in [-0.3, -0.25) is 9.69 Å². The zero-order valence-electron chi connectivity index (χ0n) is 15.0. The fourth-order valence-corrected chi connectivity index (χ4v) is 3.34. The molecule has 3 aromatic rings. The van der Waals surface area contributed by atoms with Gasteiger partial charge < -0.3 is 23.3 Å². The van der Waals surface area contributed by atoms with Crippen molar-refractivity contribution in [3.8, 4) is 23.1 Å². The first-order valence-electron chi connectivity index (χ1n) is 9.04. The van der Waals surface area contributed by atoms with Gasteiger partial charge in [0, 0.05) is 31.7 Å². The Bertz CT molecular complexity index is 976. The lowest BCUT2D eigenvalue weighted by molar-refractivity contribution is 0.0614. The van der Waals surface area contributed by atoms with Crippen LogP contribution in [-0.4, -0.2) is 58.8 Å². The largest absolute Gasteiger partial charge is 0.461 e. The van der Waals surface area contributed by atoms with Crippen molar-refractivity contribution in [1.82, 2.24) is 19.9 Å². The normalized spacial score (nSPS) is 16.5. The minimum atomic E-state index is -0.00385. The van der Waals surface area contributed by atoms with Gasteiger partial charge >= 0.3 is 0 Å². The number of nitrogens with zero attached hydrogens (tertiary/aromatic N) is 4. The number of aromatic nitrogens is 2. The summed E-state index contributed by atoms with van der Waals surface area (Å²) in [5, 5.41) is 3.94. The Balaban J connectivity index is 1.18. The van der Waals surface area contributed by atoms with Gasteiger partial charge in [0.1, 0.15) is 0 Å². The van der Waals surface area contributed by atoms with Crippen molar-refractivity contribution in [3.63, 3.8) is 0 Å². The zero-order valence-corrected chi connectivity index (χ0v) is 15.0. The summed E-state index contributed by atoms with van der Waals surface area (Å²) in [4.78, 5) is 21.1. The van der Waals surface area contributed by atoms with Crippen LogP contribution in [0.3, 0.4) is 0 Å². The quantitative estimate of drug-likeness (QED) is 0.676. The molecule has 0 spiro atoms. The first-order valence-corrected chi connectivity index (χ1v) is 9.04. The number of hydrogen-bond acceptors (Lipinski definition) is 8. The van der Waals surface area contributed by atoms with Crippen LogP contribution in [0.5, 0.6) is 11.5 Å². The molecule has 1 amide bonds. The van der Waals surface area contributed by atoms with E-state index in [4.69, 9.17) is 18.4 Å². The molecular weight excluding hydrogens is 364 g/mol. The summed E-state index contributed by atoms with van der Waals surface area (Å²) in [6.45, 7) is 3.46. The van der Waals surface area contributed by atoms with Crippen molar-refractivity contribution >= 4 is 5.91 Å². The molecule has 4 heterocycles. The molecule has 5 rings (SSSR count). The van der Waals surface area contributed by atoms with E-state index < -0.39 is 0 Å². The van der Waals surface area contributed by atoms with Gasteiger partial charge in [0.15, 0.2) is 17.3 Å². The minimum Gasteiger partial charge on any atom is -0.461 e. The molecule has 2 aromatic heterocycles. The van der Waals surface area contributed by atoms with Crippen molar-refractivity contribution in [3.05, 3.63) is 48.0 Å². The average molecular weight is 382 g/mol. The Kier molecular flexibility index (Phi) is 4.21. The lowest BCUT2D eigenvalue weighted by Crippen LogP contribution is -2.48. The molecule has 1 fully saturated rings. The molecule has 0 atom stereocenters. The molecule has 0 radical (unpaired) electrons. The number of rotatable bonds is 4. The van der Waals surface area contributed by atoms with E-state index in [2.05, 4.69) is 15.0 Å². The van der Waals surface area contributed by atoms with Gasteiger partial charge in [0.2, 0.25) is 18.5 Å². The van der Waals surface area contributed by atoms with E-state index in [1.807, 2.05) is 4.90 Å². The van der Waals surface area contributed by atoms with Gasteiger partial charge in [-0.05, 0) is 30.3 Å². The van der Waals surface area contributed by atoms with Crippen molar-refractivity contribution in [1.29, 1.82) is 0 Å². The highest BCUT2D eigenvalue weighted by molar-refractivity contribution is 5.95. The molecule has 0 unspecified atom stereocenters. The summed E-state index contributed by atoms with van der Waals surface area (Å²) < 4.78 is 21.2. The molecule has 1 aromatic carbocycles. The van der Waals surface area contributed by atoms with Crippen LogP contribution in [0.1, 0.15) is 16.2 Å². The second-order valence-corrected chi connectivity index (χ2v) is 6.63. The molecule has 9 heteroatoms. The first-order chi connectivity index (χ1) is 13.8. The highest BCUT2D eigenvalue weighted by Crippen LogP contribution is 2.32. The summed E-state index contributed by atoms with van der Waals surface area (Å²) in [6, 6.07) is 8.86. The number of fused-ring (bicyclic) bond motifs is 1. The van der Waals surface area contributed by atoms with Crippen LogP contribution < -0.4 is 9.47 Å². The Morgan fingerprint density at radius 3 is 2.75 bits per heavy atom. The molecule has 144 valence electrons. The lowest BCUT2D eigenvalue weighted by atomic mass is 10.1. The summed E-state index contributed by atoms with van der Waals surface area (Å²) in [6.07, 6.45) is 1.57. The number of furan rings is 1. The van der Waals surface area contributed by atoms with Crippen molar-refractivity contribution < 1.29 is 23.2 Å². The Labute approximate surface area is 160 Å². The third kappa shape index (κ3) is 3.20. The molecule has 1 saturated heterocycles. The molecule has 0 saturated carbocycles. The number of benzene rings is 1. The van der Waals surface area contributed by atoms with E-state index in [9.17, 15) is 4.79 Å². The molecule has 28 heavy (non-hydrogen) atoms. The Morgan fingerprint density at radius 2 is 1.93 bits per heavy atom. The summed E-state index contributed by atoms with van der Waals surface area (Å²) in [5.74, 6) is 2.84. The fraction of sp³-hybridized carbons (Fsp3) is 0.316. The third-order valence-corrected chi connectivity index (χ3v) is 4.85. The van der Waals surface area contributed by atoms with Crippen LogP contribution in [0.15, 0.2) is 45.5 Å². The maximum atomic E-state index is 12.8. The van der Waals surface area contributed by atoms with E-state index in [0.29, 0.717) is 54.2 Å². The zero-order chi connectivity index (χ0) is 18.9. The van der Waals surface area contributed by atoms with Gasteiger partial charge in [-0.15, -0.1) is 0 Å². The Hall–Kier alpha value is -3.33. The van der Waals surface area contributed by atoms with Crippen LogP contribution in [0.2, 0.25) is 0 Å². The first kappa shape index (κ1) is 16.8. The van der Waals surface area contributed by atoms with Gasteiger partial charge in [0.25, 0.3) is 5.91 Å². The molecular formula is C19H18N4O5. The van der Waals surface area contributed by atoms with Gasteiger partial charge in [0.05, 0.1) is 12.8 Å². The van der Waals surface area contributed by atoms with Crippen LogP contribution in [0, 0.1) is 0 Å². The van der Waals surface area contributed by atoms with Gasteiger partial charge in [-0.25, -0.2) is 0 Å². The maximum Gasteiger partial charge on any atom is 0.254 e. The van der Waals surface area contributed by atoms with Crippen LogP contribution in [0.25, 0.3) is 11.6 Å². The predicted octanol–water partition coefficient (Wildman–Crippen LogP) is 2.02. The highest BCUT2D eigenvalue weighted by atomic mass is 16.7. The van der Waals surface area contributed by atoms with E-state index in [0.717, 1.165) is 13.1 Å². The molecule has 0 aliphatic carbocycles. The van der Waals surface area contributed by atoms with Gasteiger partial charge in [-0.1, -0.05) is 5.16 Å². The maximum absolute atomic E-state index is 12.8. The average Bonchev–Trinajstić information content (AvgIpc) is 3.48. The summed E-state index contributed by atoms with van der Waals surface area (Å²) in [7, 11) is 0. The van der Waals surface area contributed by atoms with Crippen LogP contribution in [-0.2, 0) is 6.54 Å². The van der Waals surface area contributed by atoms with Crippen molar-refractivity contribution in [2.75, 3.05) is 33.0 Å². The van der Waals surface area contributed by atoms with E-state index >= 15 is 0 Å². The van der Waals surface area contributed by atoms with Crippen LogP contribution >= 0.6 is 0 Å². The topological polar surface area (TPSA) is 94.1 Å². The van der Waals surface area contributed by atoms with E-state index in [1.165, 1.54) is 0 Å². The summed E-state index contributed by atoms with van der Waals surface area (Å²) >= 11 is 0. The van der Waals surface area contributed by atoms with Crippen LogP contribution in [0.4, 0.5) is 0 Å². The monoisotopic (exact) mass is 382 g/mol. The number of ether oxygens (including phenoxy) is 2. The predicted molar refractivity (Wildman–Crippen MR) is 95.7 cm³/mol. The third-order valence-electron chi connectivity index (χ3n) is 4.85. The number of carbonyl (C=O) groups is 1. The standard InChI is InChI=1S/C19H18N4O5/c24-19(13-3-4-14-16(10-13)27-12-26-14)23-7-5-22(6-8-23)11-17-20-18(21-28-17)15-2-1-9-25-15/h1-4,9-10H,5-8,11-12H2. The minimum absolute atomic E-state index is 0.00385. The van der Waals surface area contributed by atoms with Crippen molar-refractivity contribution in [2.24, 2.45) is 0 Å². The van der Waals surface area contributed by atoms with Gasteiger partial charge in [-0.2, -0.15) is 4.98 Å². The van der Waals surface area contributed by atoms with Crippen molar-refractivity contribution in [2.45, 2.75) is 6.54 Å². The Morgan fingerprint density at radius 1 is 1.07 bits per heavy atom. The number of piperazine rings is 1. The fourth-order valence-electron chi connectivity index (χ4n) is 3.34. The SMILES string of the molecule is O=C(c1ccc2c(c1)OCO2)N1CCN(Cc2nc(-c3ccco3)no2)CC1. The number of hydrogen-bond donors (Lipinski definition) is 0. The molecule has 2 aliphatic heterocycles. The van der Waals surface area contributed by atoms with E-state index in [-0.39, 0.29) is 12.7 Å².